The number of rotatable bonds is 8. The highest BCUT2D eigenvalue weighted by Gasteiger charge is 2.12. The van der Waals surface area contributed by atoms with Crippen molar-refractivity contribution in [1.82, 2.24) is 5.32 Å². The molecule has 0 amide bonds. The number of thioether (sulfide) groups is 1. The Morgan fingerprint density at radius 1 is 1.32 bits per heavy atom. The summed E-state index contributed by atoms with van der Waals surface area (Å²) in [5, 5.41) is 4.14. The summed E-state index contributed by atoms with van der Waals surface area (Å²) in [6.07, 6.45) is 0.936. The Morgan fingerprint density at radius 3 is 2.63 bits per heavy atom. The molecule has 0 saturated heterocycles. The summed E-state index contributed by atoms with van der Waals surface area (Å²) >= 11 is 8.06. The largest absolute Gasteiger partial charge is 0.496 e. The van der Waals surface area contributed by atoms with Gasteiger partial charge in [0, 0.05) is 16.8 Å². The van der Waals surface area contributed by atoms with E-state index in [1.165, 1.54) is 11.3 Å². The lowest BCUT2D eigenvalue weighted by molar-refractivity contribution is 0.407. The zero-order chi connectivity index (χ0) is 14.3. The number of ether oxygens (including phenoxy) is 1. The molecular formula is C15H24ClNOS. The highest BCUT2D eigenvalue weighted by molar-refractivity contribution is 7.99. The molecule has 0 fully saturated rings. The summed E-state index contributed by atoms with van der Waals surface area (Å²) in [6.45, 7) is 4.50. The van der Waals surface area contributed by atoms with Gasteiger partial charge in [-0.1, -0.05) is 25.4 Å². The monoisotopic (exact) mass is 301 g/mol. The maximum absolute atomic E-state index is 6.07. The lowest BCUT2D eigenvalue weighted by Gasteiger charge is -2.18. The van der Waals surface area contributed by atoms with Crippen molar-refractivity contribution in [3.05, 3.63) is 28.8 Å². The Kier molecular flexibility index (Phi) is 7.66. The van der Waals surface area contributed by atoms with Gasteiger partial charge in [-0.25, -0.2) is 0 Å². The van der Waals surface area contributed by atoms with Gasteiger partial charge in [-0.3, -0.25) is 0 Å². The molecule has 0 bridgehead atoms. The number of benzene rings is 1. The van der Waals surface area contributed by atoms with E-state index < -0.39 is 0 Å². The molecule has 0 aliphatic carbocycles. The summed E-state index contributed by atoms with van der Waals surface area (Å²) in [4.78, 5) is 0. The molecule has 1 unspecified atom stereocenters. The van der Waals surface area contributed by atoms with Crippen molar-refractivity contribution in [2.24, 2.45) is 5.92 Å². The molecule has 0 saturated carbocycles. The highest BCUT2D eigenvalue weighted by Crippen LogP contribution is 2.24. The third-order valence-corrected chi connectivity index (χ3v) is 4.66. The van der Waals surface area contributed by atoms with Crippen molar-refractivity contribution >= 4 is 23.4 Å². The summed E-state index contributed by atoms with van der Waals surface area (Å²) in [5.41, 5.74) is 1.17. The molecule has 0 heterocycles. The Balaban J connectivity index is 2.61. The molecule has 2 nitrogen and oxygen atoms in total. The van der Waals surface area contributed by atoms with Crippen LogP contribution in [0.4, 0.5) is 0 Å². The molecule has 1 N–H and O–H groups in total. The summed E-state index contributed by atoms with van der Waals surface area (Å²) in [6, 6.07) is 6.24. The normalized spacial score (nSPS) is 12.7. The minimum Gasteiger partial charge on any atom is -0.496 e. The van der Waals surface area contributed by atoms with Gasteiger partial charge in [-0.15, -0.1) is 0 Å². The first kappa shape index (κ1) is 16.7. The van der Waals surface area contributed by atoms with Gasteiger partial charge in [0.05, 0.1) is 7.11 Å². The standard InChI is InChI=1S/C15H24ClNOS/c1-11(2)9-19-10-14(17-3)8-12-7-13(16)5-6-15(12)18-4/h5-7,11,14,17H,8-10H2,1-4H3. The molecule has 0 spiro atoms. The molecule has 1 aromatic carbocycles. The molecule has 1 rings (SSSR count). The van der Waals surface area contributed by atoms with Crippen LogP contribution in [0, 0.1) is 5.92 Å². The van der Waals surface area contributed by atoms with E-state index >= 15 is 0 Å². The molecule has 0 aliphatic heterocycles. The summed E-state index contributed by atoms with van der Waals surface area (Å²) < 4.78 is 5.40. The minimum absolute atomic E-state index is 0.441. The van der Waals surface area contributed by atoms with Gasteiger partial charge in [0.15, 0.2) is 0 Å². The van der Waals surface area contributed by atoms with Crippen LogP contribution < -0.4 is 10.1 Å². The second kappa shape index (κ2) is 8.72. The number of likely N-dealkylation sites (N-methyl/N-ethyl adjacent to an activating group) is 1. The van der Waals surface area contributed by atoms with Crippen LogP contribution in [0.2, 0.25) is 5.02 Å². The zero-order valence-electron chi connectivity index (χ0n) is 12.2. The van der Waals surface area contributed by atoms with Gasteiger partial charge in [-0.05, 0) is 48.9 Å². The number of methoxy groups -OCH3 is 1. The van der Waals surface area contributed by atoms with Crippen molar-refractivity contribution in [2.75, 3.05) is 25.7 Å². The lowest BCUT2D eigenvalue weighted by atomic mass is 10.1. The van der Waals surface area contributed by atoms with Crippen LogP contribution in [-0.2, 0) is 6.42 Å². The first-order chi connectivity index (χ1) is 9.06. The minimum atomic E-state index is 0.441. The molecule has 108 valence electrons. The average Bonchev–Trinajstić information content (AvgIpc) is 2.37. The maximum atomic E-state index is 6.07. The van der Waals surface area contributed by atoms with E-state index in [4.69, 9.17) is 16.3 Å². The van der Waals surface area contributed by atoms with Gasteiger partial charge in [0.1, 0.15) is 5.75 Å². The van der Waals surface area contributed by atoms with E-state index in [-0.39, 0.29) is 0 Å². The average molecular weight is 302 g/mol. The van der Waals surface area contributed by atoms with Crippen molar-refractivity contribution in [3.8, 4) is 5.75 Å². The predicted octanol–water partition coefficient (Wildman–Crippen LogP) is 3.87. The van der Waals surface area contributed by atoms with E-state index in [1.807, 2.05) is 37.0 Å². The molecule has 0 radical (unpaired) electrons. The topological polar surface area (TPSA) is 21.3 Å². The number of hydrogen-bond acceptors (Lipinski definition) is 3. The lowest BCUT2D eigenvalue weighted by Crippen LogP contribution is -2.30. The maximum Gasteiger partial charge on any atom is 0.122 e. The molecule has 4 heteroatoms. The second-order valence-corrected chi connectivity index (χ2v) is 6.59. The second-order valence-electron chi connectivity index (χ2n) is 5.08. The van der Waals surface area contributed by atoms with Crippen LogP contribution in [0.3, 0.4) is 0 Å². The van der Waals surface area contributed by atoms with Crippen LogP contribution in [0.1, 0.15) is 19.4 Å². The van der Waals surface area contributed by atoms with Crippen molar-refractivity contribution < 1.29 is 4.74 Å². The molecule has 0 aliphatic rings. The Hall–Kier alpha value is -0.380. The van der Waals surface area contributed by atoms with E-state index in [1.54, 1.807) is 7.11 Å². The summed E-state index contributed by atoms with van der Waals surface area (Å²) in [5.74, 6) is 3.96. The van der Waals surface area contributed by atoms with Gasteiger partial charge < -0.3 is 10.1 Å². The third-order valence-electron chi connectivity index (χ3n) is 2.89. The number of nitrogens with one attached hydrogen (secondary N) is 1. The molecule has 0 aromatic heterocycles. The highest BCUT2D eigenvalue weighted by atomic mass is 35.5. The van der Waals surface area contributed by atoms with E-state index in [2.05, 4.69) is 19.2 Å². The fourth-order valence-electron chi connectivity index (χ4n) is 1.86. The zero-order valence-corrected chi connectivity index (χ0v) is 13.8. The van der Waals surface area contributed by atoms with Gasteiger partial charge in [0.2, 0.25) is 0 Å². The Labute approximate surface area is 126 Å². The van der Waals surface area contributed by atoms with Gasteiger partial charge >= 0.3 is 0 Å². The fourth-order valence-corrected chi connectivity index (χ4v) is 3.23. The van der Waals surface area contributed by atoms with Crippen molar-refractivity contribution in [1.29, 1.82) is 0 Å². The first-order valence-corrected chi connectivity index (χ1v) is 8.17. The van der Waals surface area contributed by atoms with Crippen LogP contribution in [-0.4, -0.2) is 31.7 Å². The molecular weight excluding hydrogens is 278 g/mol. The van der Waals surface area contributed by atoms with Crippen LogP contribution in [0.25, 0.3) is 0 Å². The van der Waals surface area contributed by atoms with Gasteiger partial charge in [0.25, 0.3) is 0 Å². The van der Waals surface area contributed by atoms with Crippen LogP contribution >= 0.6 is 23.4 Å². The SMILES string of the molecule is CNC(CSCC(C)C)Cc1cc(Cl)ccc1OC. The fraction of sp³-hybridized carbons (Fsp3) is 0.600. The van der Waals surface area contributed by atoms with Gasteiger partial charge in [-0.2, -0.15) is 11.8 Å². The molecule has 1 atom stereocenters. The van der Waals surface area contributed by atoms with Crippen molar-refractivity contribution in [2.45, 2.75) is 26.3 Å². The van der Waals surface area contributed by atoms with E-state index in [9.17, 15) is 0 Å². The third kappa shape index (κ3) is 6.07. The van der Waals surface area contributed by atoms with Crippen LogP contribution in [0.5, 0.6) is 5.75 Å². The molecule has 1 aromatic rings. The van der Waals surface area contributed by atoms with E-state index in [0.29, 0.717) is 6.04 Å². The Morgan fingerprint density at radius 2 is 2.05 bits per heavy atom. The van der Waals surface area contributed by atoms with Crippen LogP contribution in [0.15, 0.2) is 18.2 Å². The van der Waals surface area contributed by atoms with Crippen molar-refractivity contribution in [3.63, 3.8) is 0 Å². The Bertz CT molecular complexity index is 384. The smallest absolute Gasteiger partial charge is 0.122 e. The number of hydrogen-bond donors (Lipinski definition) is 1. The quantitative estimate of drug-likeness (QED) is 0.787. The molecule has 19 heavy (non-hydrogen) atoms. The van der Waals surface area contributed by atoms with E-state index in [0.717, 1.165) is 28.9 Å². The predicted molar refractivity (Wildman–Crippen MR) is 86.7 cm³/mol. The first-order valence-electron chi connectivity index (χ1n) is 6.64. The summed E-state index contributed by atoms with van der Waals surface area (Å²) in [7, 11) is 3.71. The number of halogens is 1.